The van der Waals surface area contributed by atoms with Gasteiger partial charge in [0.1, 0.15) is 0 Å². The average molecular weight is 216 g/mol. The van der Waals surface area contributed by atoms with Crippen LogP contribution in [0.5, 0.6) is 0 Å². The highest BCUT2D eigenvalue weighted by molar-refractivity contribution is 4.87. The van der Waals surface area contributed by atoms with Gasteiger partial charge in [-0.3, -0.25) is 0 Å². The second-order valence-corrected chi connectivity index (χ2v) is 4.43. The van der Waals surface area contributed by atoms with Crippen LogP contribution >= 0.6 is 0 Å². The van der Waals surface area contributed by atoms with Gasteiger partial charge < -0.3 is 20.1 Å². The molecule has 1 aliphatic heterocycles. The summed E-state index contributed by atoms with van der Waals surface area (Å²) in [7, 11) is 1.99. The molecule has 2 N–H and O–H groups in total. The van der Waals surface area contributed by atoms with E-state index in [1.165, 1.54) is 0 Å². The summed E-state index contributed by atoms with van der Waals surface area (Å²) < 4.78 is 5.51. The third-order valence-electron chi connectivity index (χ3n) is 3.16. The summed E-state index contributed by atoms with van der Waals surface area (Å²) in [5.74, 6) is 0. The Labute approximate surface area is 92.6 Å². The number of rotatable bonds is 7. The summed E-state index contributed by atoms with van der Waals surface area (Å²) in [5, 5.41) is 12.2. The minimum Gasteiger partial charge on any atom is -0.395 e. The number of hydrogen-bond acceptors (Lipinski definition) is 4. The fourth-order valence-corrected chi connectivity index (χ4v) is 2.31. The van der Waals surface area contributed by atoms with E-state index in [9.17, 15) is 0 Å². The Kier molecular flexibility index (Phi) is 5.53. The minimum atomic E-state index is 0.240. The highest BCUT2D eigenvalue weighted by Gasteiger charge is 2.35. The third kappa shape index (κ3) is 3.72. The van der Waals surface area contributed by atoms with Gasteiger partial charge >= 0.3 is 0 Å². The number of ether oxygens (including phenoxy) is 1. The fraction of sp³-hybridized carbons (Fsp3) is 1.00. The molecule has 1 atom stereocenters. The molecular weight excluding hydrogens is 192 g/mol. The molecular formula is C11H24N2O2. The standard InChI is InChI=1S/C11H24N2O2/c1-3-13(5-6-14)9-11(8-12-2)4-7-15-10-11/h12,14H,3-10H2,1-2H3. The molecule has 0 aromatic heterocycles. The van der Waals surface area contributed by atoms with Gasteiger partial charge in [0, 0.05) is 31.7 Å². The largest absolute Gasteiger partial charge is 0.395 e. The Hall–Kier alpha value is -0.160. The van der Waals surface area contributed by atoms with Gasteiger partial charge in [-0.2, -0.15) is 0 Å². The maximum absolute atomic E-state index is 8.97. The molecule has 0 saturated carbocycles. The van der Waals surface area contributed by atoms with Crippen LogP contribution in [0.1, 0.15) is 13.3 Å². The maximum atomic E-state index is 8.97. The summed E-state index contributed by atoms with van der Waals surface area (Å²) in [6, 6.07) is 0. The Morgan fingerprint density at radius 1 is 1.53 bits per heavy atom. The Bertz CT molecular complexity index is 170. The van der Waals surface area contributed by atoms with E-state index in [1.807, 2.05) is 7.05 Å². The molecule has 1 rings (SSSR count). The van der Waals surface area contributed by atoms with E-state index in [1.54, 1.807) is 0 Å². The van der Waals surface area contributed by atoms with Gasteiger partial charge in [-0.05, 0) is 20.0 Å². The predicted octanol–water partition coefficient (Wildman–Crippen LogP) is -0.0733. The van der Waals surface area contributed by atoms with Crippen LogP contribution in [-0.4, -0.2) is 63.1 Å². The fourth-order valence-electron chi connectivity index (χ4n) is 2.31. The SMILES string of the molecule is CCN(CCO)CC1(CNC)CCOC1. The summed E-state index contributed by atoms with van der Waals surface area (Å²) in [6.07, 6.45) is 1.12. The van der Waals surface area contributed by atoms with E-state index in [0.717, 1.165) is 45.8 Å². The molecule has 0 bridgehead atoms. The third-order valence-corrected chi connectivity index (χ3v) is 3.16. The lowest BCUT2D eigenvalue weighted by Gasteiger charge is -2.33. The van der Waals surface area contributed by atoms with E-state index in [4.69, 9.17) is 9.84 Å². The van der Waals surface area contributed by atoms with Crippen LogP contribution in [-0.2, 0) is 4.74 Å². The van der Waals surface area contributed by atoms with Gasteiger partial charge in [-0.25, -0.2) is 0 Å². The van der Waals surface area contributed by atoms with Crippen molar-refractivity contribution in [2.45, 2.75) is 13.3 Å². The summed E-state index contributed by atoms with van der Waals surface area (Å²) >= 11 is 0. The first kappa shape index (κ1) is 12.9. The van der Waals surface area contributed by atoms with Crippen LogP contribution in [0.2, 0.25) is 0 Å². The molecule has 4 heteroatoms. The predicted molar refractivity (Wildman–Crippen MR) is 61.0 cm³/mol. The Balaban J connectivity index is 2.48. The zero-order valence-corrected chi connectivity index (χ0v) is 9.96. The molecule has 15 heavy (non-hydrogen) atoms. The van der Waals surface area contributed by atoms with Crippen LogP contribution in [0.25, 0.3) is 0 Å². The van der Waals surface area contributed by atoms with Gasteiger partial charge in [0.15, 0.2) is 0 Å². The molecule has 1 fully saturated rings. The Morgan fingerprint density at radius 3 is 2.80 bits per heavy atom. The van der Waals surface area contributed by atoms with Crippen LogP contribution in [0.15, 0.2) is 0 Å². The summed E-state index contributed by atoms with van der Waals surface area (Å²) in [6.45, 7) is 7.87. The second-order valence-electron chi connectivity index (χ2n) is 4.43. The minimum absolute atomic E-state index is 0.240. The van der Waals surface area contributed by atoms with E-state index in [-0.39, 0.29) is 12.0 Å². The Morgan fingerprint density at radius 2 is 2.33 bits per heavy atom. The van der Waals surface area contributed by atoms with Gasteiger partial charge in [0.05, 0.1) is 13.2 Å². The van der Waals surface area contributed by atoms with Gasteiger partial charge in [0.2, 0.25) is 0 Å². The van der Waals surface area contributed by atoms with Crippen molar-refractivity contribution in [1.82, 2.24) is 10.2 Å². The quantitative estimate of drug-likeness (QED) is 0.625. The normalized spacial score (nSPS) is 26.4. The molecule has 0 amide bonds. The summed E-state index contributed by atoms with van der Waals surface area (Å²) in [5.41, 5.74) is 0.250. The van der Waals surface area contributed by atoms with Crippen molar-refractivity contribution in [1.29, 1.82) is 0 Å². The molecule has 0 radical (unpaired) electrons. The van der Waals surface area contributed by atoms with Crippen LogP contribution in [0.4, 0.5) is 0 Å². The lowest BCUT2D eigenvalue weighted by Crippen LogP contribution is -2.44. The number of nitrogens with zero attached hydrogens (tertiary/aromatic N) is 1. The van der Waals surface area contributed by atoms with Gasteiger partial charge in [0.25, 0.3) is 0 Å². The van der Waals surface area contributed by atoms with E-state index >= 15 is 0 Å². The molecule has 1 saturated heterocycles. The van der Waals surface area contributed by atoms with Gasteiger partial charge in [-0.1, -0.05) is 6.92 Å². The highest BCUT2D eigenvalue weighted by Crippen LogP contribution is 2.28. The number of hydrogen-bond donors (Lipinski definition) is 2. The number of aliphatic hydroxyl groups is 1. The first-order valence-corrected chi connectivity index (χ1v) is 5.82. The highest BCUT2D eigenvalue weighted by atomic mass is 16.5. The number of likely N-dealkylation sites (N-methyl/N-ethyl adjacent to an activating group) is 1. The molecule has 0 aliphatic carbocycles. The van der Waals surface area contributed by atoms with Crippen molar-refractivity contribution >= 4 is 0 Å². The second kappa shape index (κ2) is 6.43. The van der Waals surface area contributed by atoms with Crippen molar-refractivity contribution in [3.05, 3.63) is 0 Å². The first-order valence-electron chi connectivity index (χ1n) is 5.82. The zero-order chi connectivity index (χ0) is 11.1. The molecule has 0 spiro atoms. The van der Waals surface area contributed by atoms with Crippen LogP contribution < -0.4 is 5.32 Å². The smallest absolute Gasteiger partial charge is 0.0558 e. The topological polar surface area (TPSA) is 44.7 Å². The molecule has 4 nitrogen and oxygen atoms in total. The van der Waals surface area contributed by atoms with E-state index in [2.05, 4.69) is 17.1 Å². The lowest BCUT2D eigenvalue weighted by molar-refractivity contribution is 0.101. The van der Waals surface area contributed by atoms with Gasteiger partial charge in [-0.15, -0.1) is 0 Å². The average Bonchev–Trinajstić information content (AvgIpc) is 2.67. The van der Waals surface area contributed by atoms with Crippen LogP contribution in [0.3, 0.4) is 0 Å². The van der Waals surface area contributed by atoms with Crippen LogP contribution in [0, 0.1) is 5.41 Å². The monoisotopic (exact) mass is 216 g/mol. The van der Waals surface area contributed by atoms with E-state index < -0.39 is 0 Å². The van der Waals surface area contributed by atoms with Crippen molar-refractivity contribution in [3.63, 3.8) is 0 Å². The molecule has 1 unspecified atom stereocenters. The molecule has 1 aliphatic rings. The molecule has 0 aromatic rings. The van der Waals surface area contributed by atoms with Crippen molar-refractivity contribution < 1.29 is 9.84 Å². The summed E-state index contributed by atoms with van der Waals surface area (Å²) in [4.78, 5) is 2.30. The number of nitrogens with one attached hydrogen (secondary N) is 1. The molecule has 1 heterocycles. The zero-order valence-electron chi connectivity index (χ0n) is 9.96. The first-order chi connectivity index (χ1) is 7.26. The van der Waals surface area contributed by atoms with E-state index in [0.29, 0.717) is 0 Å². The lowest BCUT2D eigenvalue weighted by atomic mass is 9.86. The van der Waals surface area contributed by atoms with Crippen molar-refractivity contribution in [3.8, 4) is 0 Å². The molecule has 0 aromatic carbocycles. The number of aliphatic hydroxyl groups excluding tert-OH is 1. The van der Waals surface area contributed by atoms with Crippen molar-refractivity contribution in [2.24, 2.45) is 5.41 Å². The molecule has 90 valence electrons. The maximum Gasteiger partial charge on any atom is 0.0558 e. The van der Waals surface area contributed by atoms with Crippen molar-refractivity contribution in [2.75, 3.05) is 53.0 Å².